The highest BCUT2D eigenvalue weighted by molar-refractivity contribution is 9.09. The van der Waals surface area contributed by atoms with Crippen LogP contribution < -0.4 is 0 Å². The Hall–Kier alpha value is -0.460. The molecule has 0 unspecified atom stereocenters. The molecule has 106 valence electrons. The zero-order chi connectivity index (χ0) is 14.6. The molecule has 0 bridgehead atoms. The van der Waals surface area contributed by atoms with Crippen LogP contribution in [0.2, 0.25) is 10.0 Å². The van der Waals surface area contributed by atoms with Gasteiger partial charge < -0.3 is 4.90 Å². The number of hydrogen-bond donors (Lipinski definition) is 0. The Morgan fingerprint density at radius 3 is 2.37 bits per heavy atom. The molecule has 0 aliphatic heterocycles. The van der Waals surface area contributed by atoms with Crippen molar-refractivity contribution in [2.75, 3.05) is 18.4 Å². The molecule has 0 saturated carbocycles. The maximum atomic E-state index is 12.4. The second-order valence-electron chi connectivity index (χ2n) is 3.66. The smallest absolute Gasteiger partial charge is 0.329 e. The summed E-state index contributed by atoms with van der Waals surface area (Å²) in [5.74, 6) is -0.740. The standard InChI is InChI=1S/C11H9BrCl2F3NO/c12-3-4-18(6-11(15,16)17)10(19)7-1-2-8(13)9(14)5-7/h1-2,5H,3-4,6H2. The van der Waals surface area contributed by atoms with E-state index in [2.05, 4.69) is 15.9 Å². The molecule has 0 aliphatic rings. The number of alkyl halides is 4. The lowest BCUT2D eigenvalue weighted by Crippen LogP contribution is -2.40. The summed E-state index contributed by atoms with van der Waals surface area (Å²) >= 11 is 14.4. The topological polar surface area (TPSA) is 20.3 Å². The van der Waals surface area contributed by atoms with Crippen molar-refractivity contribution in [1.29, 1.82) is 0 Å². The molecule has 0 radical (unpaired) electrons. The highest BCUT2D eigenvalue weighted by Gasteiger charge is 2.33. The number of rotatable bonds is 4. The Morgan fingerprint density at radius 2 is 1.89 bits per heavy atom. The van der Waals surface area contributed by atoms with E-state index in [1.54, 1.807) is 0 Å². The van der Waals surface area contributed by atoms with Crippen LogP contribution >= 0.6 is 39.1 Å². The van der Waals surface area contributed by atoms with E-state index < -0.39 is 18.6 Å². The monoisotopic (exact) mass is 377 g/mol. The Balaban J connectivity index is 2.95. The summed E-state index contributed by atoms with van der Waals surface area (Å²) in [7, 11) is 0. The first-order valence-corrected chi connectivity index (χ1v) is 6.99. The van der Waals surface area contributed by atoms with E-state index in [0.29, 0.717) is 4.90 Å². The quantitative estimate of drug-likeness (QED) is 0.711. The van der Waals surface area contributed by atoms with E-state index in [0.717, 1.165) is 0 Å². The van der Waals surface area contributed by atoms with E-state index in [1.165, 1.54) is 18.2 Å². The van der Waals surface area contributed by atoms with Crippen LogP contribution in [0.25, 0.3) is 0 Å². The summed E-state index contributed by atoms with van der Waals surface area (Å²) in [6.45, 7) is -1.36. The lowest BCUT2D eigenvalue weighted by molar-refractivity contribution is -0.140. The molecule has 1 amide bonds. The molecule has 19 heavy (non-hydrogen) atoms. The summed E-state index contributed by atoms with van der Waals surface area (Å²) in [5, 5.41) is 0.607. The molecular weight excluding hydrogens is 370 g/mol. The zero-order valence-corrected chi connectivity index (χ0v) is 12.6. The Labute approximate surface area is 126 Å². The van der Waals surface area contributed by atoms with Gasteiger partial charge in [0.1, 0.15) is 6.54 Å². The van der Waals surface area contributed by atoms with Crippen LogP contribution in [-0.2, 0) is 0 Å². The normalized spacial score (nSPS) is 11.5. The largest absolute Gasteiger partial charge is 0.406 e. The van der Waals surface area contributed by atoms with Crippen molar-refractivity contribution in [3.05, 3.63) is 33.8 Å². The fourth-order valence-corrected chi connectivity index (χ4v) is 2.11. The van der Waals surface area contributed by atoms with Gasteiger partial charge in [-0.3, -0.25) is 4.79 Å². The molecule has 0 N–H and O–H groups in total. The van der Waals surface area contributed by atoms with Crippen LogP contribution in [-0.4, -0.2) is 35.4 Å². The van der Waals surface area contributed by atoms with Crippen molar-refractivity contribution >= 4 is 45.0 Å². The first-order valence-electron chi connectivity index (χ1n) is 5.11. The van der Waals surface area contributed by atoms with Gasteiger partial charge in [-0.05, 0) is 18.2 Å². The lowest BCUT2D eigenvalue weighted by atomic mass is 10.2. The number of amides is 1. The summed E-state index contributed by atoms with van der Waals surface area (Å²) in [5.41, 5.74) is 0.0691. The van der Waals surface area contributed by atoms with Gasteiger partial charge in [0.05, 0.1) is 10.0 Å². The number of benzene rings is 1. The van der Waals surface area contributed by atoms with Gasteiger partial charge in [-0.1, -0.05) is 39.1 Å². The van der Waals surface area contributed by atoms with Crippen molar-refractivity contribution in [3.63, 3.8) is 0 Å². The molecule has 0 aliphatic carbocycles. The van der Waals surface area contributed by atoms with Gasteiger partial charge in [0.2, 0.25) is 0 Å². The van der Waals surface area contributed by atoms with Crippen LogP contribution in [0.15, 0.2) is 18.2 Å². The number of hydrogen-bond acceptors (Lipinski definition) is 1. The number of halogens is 6. The van der Waals surface area contributed by atoms with Crippen LogP contribution in [0.5, 0.6) is 0 Å². The highest BCUT2D eigenvalue weighted by atomic mass is 79.9. The first-order chi connectivity index (χ1) is 8.74. The Bertz CT molecular complexity index is 468. The van der Waals surface area contributed by atoms with Gasteiger partial charge in [0, 0.05) is 17.4 Å². The molecule has 2 nitrogen and oxygen atoms in total. The van der Waals surface area contributed by atoms with Crippen LogP contribution in [0.3, 0.4) is 0 Å². The minimum atomic E-state index is -4.45. The molecule has 1 rings (SSSR count). The van der Waals surface area contributed by atoms with Gasteiger partial charge in [-0.2, -0.15) is 13.2 Å². The molecular formula is C11H9BrCl2F3NO. The van der Waals surface area contributed by atoms with Crippen LogP contribution in [0, 0.1) is 0 Å². The van der Waals surface area contributed by atoms with Gasteiger partial charge in [-0.25, -0.2) is 0 Å². The van der Waals surface area contributed by atoms with Crippen molar-refractivity contribution in [2.45, 2.75) is 6.18 Å². The van der Waals surface area contributed by atoms with Crippen molar-refractivity contribution in [2.24, 2.45) is 0 Å². The maximum absolute atomic E-state index is 12.4. The predicted molar refractivity (Wildman–Crippen MR) is 72.2 cm³/mol. The van der Waals surface area contributed by atoms with Gasteiger partial charge in [0.15, 0.2) is 0 Å². The average Bonchev–Trinajstić information content (AvgIpc) is 2.29. The van der Waals surface area contributed by atoms with Crippen LogP contribution in [0.4, 0.5) is 13.2 Å². The van der Waals surface area contributed by atoms with E-state index in [4.69, 9.17) is 23.2 Å². The lowest BCUT2D eigenvalue weighted by Gasteiger charge is -2.23. The molecule has 1 aromatic rings. The molecule has 0 saturated heterocycles. The highest BCUT2D eigenvalue weighted by Crippen LogP contribution is 2.24. The second-order valence-corrected chi connectivity index (χ2v) is 5.27. The maximum Gasteiger partial charge on any atom is 0.406 e. The van der Waals surface area contributed by atoms with Crippen molar-refractivity contribution in [1.82, 2.24) is 4.90 Å². The number of carbonyl (C=O) groups is 1. The summed E-state index contributed by atoms with van der Waals surface area (Å²) < 4.78 is 37.2. The molecule has 1 aromatic carbocycles. The SMILES string of the molecule is O=C(c1ccc(Cl)c(Cl)c1)N(CCBr)CC(F)(F)F. The minimum Gasteiger partial charge on any atom is -0.329 e. The fourth-order valence-electron chi connectivity index (χ4n) is 1.38. The molecule has 0 spiro atoms. The first kappa shape index (κ1) is 16.6. The third-order valence-electron chi connectivity index (χ3n) is 2.18. The van der Waals surface area contributed by atoms with Gasteiger partial charge in [-0.15, -0.1) is 0 Å². The van der Waals surface area contributed by atoms with Crippen molar-refractivity contribution < 1.29 is 18.0 Å². The van der Waals surface area contributed by atoms with E-state index >= 15 is 0 Å². The molecule has 0 heterocycles. The van der Waals surface area contributed by atoms with E-state index in [1.807, 2.05) is 0 Å². The summed E-state index contributed by atoms with van der Waals surface area (Å²) in [4.78, 5) is 12.7. The molecule has 8 heteroatoms. The third kappa shape index (κ3) is 5.20. The Morgan fingerprint density at radius 1 is 1.26 bits per heavy atom. The van der Waals surface area contributed by atoms with Crippen LogP contribution in [0.1, 0.15) is 10.4 Å². The predicted octanol–water partition coefficient (Wildman–Crippen LogP) is 4.39. The number of carbonyl (C=O) groups excluding carboxylic acids is 1. The van der Waals surface area contributed by atoms with E-state index in [9.17, 15) is 18.0 Å². The van der Waals surface area contributed by atoms with E-state index in [-0.39, 0.29) is 27.5 Å². The molecule has 0 fully saturated rings. The summed E-state index contributed by atoms with van der Waals surface area (Å²) in [6, 6.07) is 3.97. The third-order valence-corrected chi connectivity index (χ3v) is 3.27. The number of nitrogens with zero attached hydrogens (tertiary/aromatic N) is 1. The van der Waals surface area contributed by atoms with Crippen molar-refractivity contribution in [3.8, 4) is 0 Å². The average molecular weight is 379 g/mol. The minimum absolute atomic E-state index is 0.0570. The fraction of sp³-hybridized carbons (Fsp3) is 0.364. The zero-order valence-electron chi connectivity index (χ0n) is 9.48. The molecule has 0 atom stereocenters. The molecule has 0 aromatic heterocycles. The summed E-state index contributed by atoms with van der Waals surface area (Å²) in [6.07, 6.45) is -4.45. The van der Waals surface area contributed by atoms with Gasteiger partial charge in [0.25, 0.3) is 5.91 Å². The van der Waals surface area contributed by atoms with Gasteiger partial charge >= 0.3 is 6.18 Å². The second kappa shape index (κ2) is 6.81. The Kier molecular flexibility index (Phi) is 5.95.